The Hall–Kier alpha value is -2.67. The first-order valence-corrected chi connectivity index (χ1v) is 9.68. The summed E-state index contributed by atoms with van der Waals surface area (Å²) < 4.78 is 5.62. The molecular weight excluding hydrogens is 364 g/mol. The third-order valence-corrected chi connectivity index (χ3v) is 5.36. The number of nitrogens with one attached hydrogen (secondary N) is 1. The lowest BCUT2D eigenvalue weighted by Crippen LogP contribution is -2.27. The van der Waals surface area contributed by atoms with Gasteiger partial charge in [0, 0.05) is 29.3 Å². The van der Waals surface area contributed by atoms with E-state index in [2.05, 4.69) is 37.1 Å². The fourth-order valence-corrected chi connectivity index (χ4v) is 3.84. The van der Waals surface area contributed by atoms with Crippen molar-refractivity contribution < 1.29 is 19.1 Å². The molecule has 0 aliphatic heterocycles. The Labute approximate surface area is 161 Å². The van der Waals surface area contributed by atoms with Crippen molar-refractivity contribution in [1.29, 1.82) is 0 Å². The zero-order chi connectivity index (χ0) is 19.6. The van der Waals surface area contributed by atoms with Gasteiger partial charge in [-0.05, 0) is 36.1 Å². The van der Waals surface area contributed by atoms with Crippen molar-refractivity contribution in [3.8, 4) is 0 Å². The molecule has 0 aliphatic carbocycles. The van der Waals surface area contributed by atoms with Gasteiger partial charge >= 0.3 is 5.97 Å². The summed E-state index contributed by atoms with van der Waals surface area (Å²) in [7, 11) is 0. The minimum atomic E-state index is -1.04. The number of hydrogen-bond donors (Lipinski definition) is 2. The molecule has 3 aromatic rings. The molecule has 0 fully saturated rings. The maximum absolute atomic E-state index is 12.3. The summed E-state index contributed by atoms with van der Waals surface area (Å²) in [5.74, 6) is -0.733. The Kier molecular flexibility index (Phi) is 5.60. The average Bonchev–Trinajstić information content (AvgIpc) is 3.21. The maximum Gasteiger partial charge on any atom is 0.355 e. The number of furan rings is 1. The number of carbonyl (C=O) groups excluding carboxylic acids is 1. The van der Waals surface area contributed by atoms with Crippen LogP contribution in [-0.4, -0.2) is 28.5 Å². The lowest BCUT2D eigenvalue weighted by atomic mass is 9.95. The molecule has 0 radical (unpaired) electrons. The van der Waals surface area contributed by atoms with Gasteiger partial charge in [-0.3, -0.25) is 4.79 Å². The maximum atomic E-state index is 12.3. The molecule has 7 heteroatoms. The molecule has 2 heterocycles. The summed E-state index contributed by atoms with van der Waals surface area (Å²) >= 11 is 1.28. The number of aryl methyl sites for hydroxylation is 1. The van der Waals surface area contributed by atoms with E-state index in [1.54, 1.807) is 6.26 Å². The van der Waals surface area contributed by atoms with E-state index >= 15 is 0 Å². The van der Waals surface area contributed by atoms with E-state index in [1.807, 2.05) is 6.07 Å². The van der Waals surface area contributed by atoms with Crippen molar-refractivity contribution >= 4 is 34.2 Å². The summed E-state index contributed by atoms with van der Waals surface area (Å²) in [5.41, 5.74) is 4.15. The lowest BCUT2D eigenvalue weighted by molar-refractivity contribution is -0.120. The molecule has 0 atom stereocenters. The van der Waals surface area contributed by atoms with Crippen LogP contribution < -0.4 is 5.32 Å². The molecule has 0 saturated heterocycles. The Morgan fingerprint density at radius 1 is 1.33 bits per heavy atom. The highest BCUT2D eigenvalue weighted by atomic mass is 32.1. The summed E-state index contributed by atoms with van der Waals surface area (Å²) in [4.78, 5) is 27.1. The van der Waals surface area contributed by atoms with E-state index in [4.69, 9.17) is 9.52 Å². The molecule has 6 nitrogen and oxygen atoms in total. The molecule has 0 saturated carbocycles. The predicted octanol–water partition coefficient (Wildman–Crippen LogP) is 3.92. The molecule has 142 valence electrons. The van der Waals surface area contributed by atoms with Crippen LogP contribution in [0.15, 0.2) is 28.2 Å². The topological polar surface area (TPSA) is 92.4 Å². The number of rotatable bonds is 7. The van der Waals surface area contributed by atoms with E-state index in [1.165, 1.54) is 27.8 Å². The van der Waals surface area contributed by atoms with Crippen LogP contribution in [0.5, 0.6) is 0 Å². The monoisotopic (exact) mass is 386 g/mol. The minimum Gasteiger partial charge on any atom is -0.476 e. The van der Waals surface area contributed by atoms with E-state index in [9.17, 15) is 9.59 Å². The number of aromatic nitrogens is 1. The number of hydrogen-bond acceptors (Lipinski definition) is 5. The molecular formula is C20H22N2O4S. The highest BCUT2D eigenvalue weighted by Gasteiger charge is 2.14. The van der Waals surface area contributed by atoms with Gasteiger partial charge in [0.15, 0.2) is 5.69 Å². The first-order valence-electron chi connectivity index (χ1n) is 8.80. The van der Waals surface area contributed by atoms with E-state index in [0.717, 1.165) is 16.5 Å². The van der Waals surface area contributed by atoms with E-state index in [0.29, 0.717) is 23.9 Å². The van der Waals surface area contributed by atoms with Crippen molar-refractivity contribution in [3.63, 3.8) is 0 Å². The highest BCUT2D eigenvalue weighted by Crippen LogP contribution is 2.29. The lowest BCUT2D eigenvalue weighted by Gasteiger charge is -2.10. The smallest absolute Gasteiger partial charge is 0.355 e. The standard InChI is InChI=1S/C20H22N2O4S/c1-11(2)14-8-15-13(9-26-17(15)6-12(14)3)7-18(23)21-5-4-19-22-16(10-27-19)20(24)25/h6,8-11H,4-5,7H2,1-3H3,(H,21,23)(H,24,25). The Balaban J connectivity index is 1.62. The van der Waals surface area contributed by atoms with Crippen LogP contribution in [0.1, 0.15) is 52.0 Å². The van der Waals surface area contributed by atoms with Crippen LogP contribution in [0, 0.1) is 6.92 Å². The number of benzene rings is 1. The summed E-state index contributed by atoms with van der Waals surface area (Å²) in [6, 6.07) is 4.14. The normalized spacial score (nSPS) is 11.3. The number of carbonyl (C=O) groups is 2. The van der Waals surface area contributed by atoms with Gasteiger partial charge in [0.25, 0.3) is 0 Å². The number of amides is 1. The minimum absolute atomic E-state index is 0.0439. The van der Waals surface area contributed by atoms with Crippen LogP contribution in [-0.2, 0) is 17.6 Å². The van der Waals surface area contributed by atoms with Crippen molar-refractivity contribution in [2.45, 2.75) is 39.5 Å². The zero-order valence-corrected chi connectivity index (χ0v) is 16.4. The third-order valence-electron chi connectivity index (χ3n) is 4.45. The first-order chi connectivity index (χ1) is 12.8. The van der Waals surface area contributed by atoms with Crippen LogP contribution in [0.3, 0.4) is 0 Å². The molecule has 1 amide bonds. The van der Waals surface area contributed by atoms with Gasteiger partial charge in [-0.1, -0.05) is 13.8 Å². The highest BCUT2D eigenvalue weighted by molar-refractivity contribution is 7.09. The van der Waals surface area contributed by atoms with Crippen LogP contribution in [0.25, 0.3) is 11.0 Å². The number of thiazole rings is 1. The van der Waals surface area contributed by atoms with Crippen molar-refractivity contribution in [3.05, 3.63) is 51.2 Å². The SMILES string of the molecule is Cc1cc2occ(CC(=O)NCCc3nc(C(=O)O)cs3)c2cc1C(C)C. The first kappa shape index (κ1) is 19.1. The molecule has 0 bridgehead atoms. The molecule has 27 heavy (non-hydrogen) atoms. The largest absolute Gasteiger partial charge is 0.476 e. The van der Waals surface area contributed by atoms with Gasteiger partial charge in [-0.25, -0.2) is 9.78 Å². The molecule has 2 aromatic heterocycles. The van der Waals surface area contributed by atoms with Gasteiger partial charge in [-0.15, -0.1) is 11.3 Å². The number of nitrogens with zero attached hydrogens (tertiary/aromatic N) is 1. The Bertz CT molecular complexity index is 987. The van der Waals surface area contributed by atoms with E-state index < -0.39 is 5.97 Å². The van der Waals surface area contributed by atoms with Crippen LogP contribution in [0.4, 0.5) is 0 Å². The van der Waals surface area contributed by atoms with Crippen molar-refractivity contribution in [2.24, 2.45) is 0 Å². The predicted molar refractivity (Wildman–Crippen MR) is 105 cm³/mol. The summed E-state index contributed by atoms with van der Waals surface area (Å²) in [5, 5.41) is 14.9. The van der Waals surface area contributed by atoms with Crippen molar-refractivity contribution in [1.82, 2.24) is 10.3 Å². The fourth-order valence-electron chi connectivity index (χ4n) is 3.07. The number of aromatic carboxylic acids is 1. The second-order valence-corrected chi connectivity index (χ2v) is 7.77. The van der Waals surface area contributed by atoms with E-state index in [-0.39, 0.29) is 18.0 Å². The van der Waals surface area contributed by atoms with Gasteiger partial charge < -0.3 is 14.8 Å². The second kappa shape index (κ2) is 7.92. The summed E-state index contributed by atoms with van der Waals surface area (Å²) in [6.45, 7) is 6.78. The van der Waals surface area contributed by atoms with Crippen LogP contribution >= 0.6 is 11.3 Å². The number of carboxylic acids is 1. The number of carboxylic acid groups (broad SMARTS) is 1. The zero-order valence-electron chi connectivity index (χ0n) is 15.5. The fraction of sp³-hybridized carbons (Fsp3) is 0.350. The third kappa shape index (κ3) is 4.36. The molecule has 1 aromatic carbocycles. The molecule has 0 aliphatic rings. The van der Waals surface area contributed by atoms with Gasteiger partial charge in [-0.2, -0.15) is 0 Å². The van der Waals surface area contributed by atoms with Crippen molar-refractivity contribution in [2.75, 3.05) is 6.54 Å². The summed E-state index contributed by atoms with van der Waals surface area (Å²) in [6.07, 6.45) is 2.39. The molecule has 3 rings (SSSR count). The number of fused-ring (bicyclic) bond motifs is 1. The molecule has 0 unspecified atom stereocenters. The Morgan fingerprint density at radius 2 is 2.11 bits per heavy atom. The van der Waals surface area contributed by atoms with Crippen LogP contribution in [0.2, 0.25) is 0 Å². The molecule has 0 spiro atoms. The quantitative estimate of drug-likeness (QED) is 0.642. The van der Waals surface area contributed by atoms with Gasteiger partial charge in [0.1, 0.15) is 5.58 Å². The second-order valence-electron chi connectivity index (χ2n) is 6.83. The Morgan fingerprint density at radius 3 is 2.78 bits per heavy atom. The van der Waals surface area contributed by atoms with Gasteiger partial charge in [0.2, 0.25) is 5.91 Å². The average molecular weight is 386 g/mol. The molecule has 2 N–H and O–H groups in total. The van der Waals surface area contributed by atoms with Gasteiger partial charge in [0.05, 0.1) is 17.7 Å².